The smallest absolute Gasteiger partial charge is 0.306 e. The van der Waals surface area contributed by atoms with E-state index in [-0.39, 0.29) is 17.9 Å². The van der Waals surface area contributed by atoms with Gasteiger partial charge in [0.1, 0.15) is 4.88 Å². The van der Waals surface area contributed by atoms with Gasteiger partial charge in [-0.15, -0.1) is 0 Å². The summed E-state index contributed by atoms with van der Waals surface area (Å²) in [6.45, 7) is 1.75. The minimum absolute atomic E-state index is 0.0471. The molecule has 0 bridgehead atoms. The Morgan fingerprint density at radius 1 is 1.37 bits per heavy atom. The highest BCUT2D eigenvalue weighted by Crippen LogP contribution is 2.25. The number of carboxylic acids is 1. The SMILES string of the molecule is Cc1nc(N)sc1C(=O)NC1CCC(C(=O)O)CC1. The quantitative estimate of drug-likeness (QED) is 0.777. The van der Waals surface area contributed by atoms with Crippen molar-refractivity contribution in [2.45, 2.75) is 38.6 Å². The number of nitrogens with zero attached hydrogens (tertiary/aromatic N) is 1. The maximum Gasteiger partial charge on any atom is 0.306 e. The summed E-state index contributed by atoms with van der Waals surface area (Å²) in [5.41, 5.74) is 6.20. The van der Waals surface area contributed by atoms with Crippen molar-refractivity contribution in [3.63, 3.8) is 0 Å². The largest absolute Gasteiger partial charge is 0.481 e. The molecule has 2 rings (SSSR count). The zero-order valence-electron chi connectivity index (χ0n) is 10.7. The van der Waals surface area contributed by atoms with E-state index in [1.165, 1.54) is 11.3 Å². The lowest BCUT2D eigenvalue weighted by Gasteiger charge is -2.26. The number of carboxylic acid groups (broad SMARTS) is 1. The van der Waals surface area contributed by atoms with Crippen LogP contribution in [-0.4, -0.2) is 28.0 Å². The van der Waals surface area contributed by atoms with E-state index in [4.69, 9.17) is 10.8 Å². The van der Waals surface area contributed by atoms with Crippen LogP contribution in [0.3, 0.4) is 0 Å². The van der Waals surface area contributed by atoms with Crippen molar-refractivity contribution < 1.29 is 14.7 Å². The van der Waals surface area contributed by atoms with Crippen LogP contribution in [0.1, 0.15) is 41.0 Å². The molecular formula is C12H17N3O3S. The first-order valence-corrected chi connectivity index (χ1v) is 7.05. The van der Waals surface area contributed by atoms with Crippen LogP contribution < -0.4 is 11.1 Å². The molecule has 1 aliphatic carbocycles. The number of rotatable bonds is 3. The average molecular weight is 283 g/mol. The number of hydrogen-bond donors (Lipinski definition) is 3. The van der Waals surface area contributed by atoms with Crippen molar-refractivity contribution in [3.8, 4) is 0 Å². The molecule has 0 radical (unpaired) electrons. The number of amides is 1. The predicted molar refractivity (Wildman–Crippen MR) is 72.1 cm³/mol. The second-order valence-electron chi connectivity index (χ2n) is 4.83. The monoisotopic (exact) mass is 283 g/mol. The summed E-state index contributed by atoms with van der Waals surface area (Å²) in [5.74, 6) is -1.17. The molecule has 0 spiro atoms. The summed E-state index contributed by atoms with van der Waals surface area (Å²) in [6.07, 6.45) is 2.64. The average Bonchev–Trinajstić information content (AvgIpc) is 2.69. The molecule has 19 heavy (non-hydrogen) atoms. The number of nitrogens with two attached hydrogens (primary N) is 1. The van der Waals surface area contributed by atoms with Crippen LogP contribution in [0, 0.1) is 12.8 Å². The van der Waals surface area contributed by atoms with E-state index in [0.717, 1.165) is 0 Å². The predicted octanol–water partition coefficient (Wildman–Crippen LogP) is 1.41. The fourth-order valence-corrected chi connectivity index (χ4v) is 3.10. The van der Waals surface area contributed by atoms with Crippen LogP contribution in [0.5, 0.6) is 0 Å². The van der Waals surface area contributed by atoms with E-state index < -0.39 is 5.97 Å². The van der Waals surface area contributed by atoms with E-state index in [1.807, 2.05) is 0 Å². The van der Waals surface area contributed by atoms with Crippen LogP contribution in [0.2, 0.25) is 0 Å². The highest BCUT2D eigenvalue weighted by Gasteiger charge is 2.27. The fraction of sp³-hybridized carbons (Fsp3) is 0.583. The van der Waals surface area contributed by atoms with Crippen molar-refractivity contribution >= 4 is 28.3 Å². The lowest BCUT2D eigenvalue weighted by Crippen LogP contribution is -2.38. The molecule has 0 aromatic carbocycles. The summed E-state index contributed by atoms with van der Waals surface area (Å²) < 4.78 is 0. The molecule has 4 N–H and O–H groups in total. The van der Waals surface area contributed by atoms with Crippen molar-refractivity contribution in [3.05, 3.63) is 10.6 Å². The summed E-state index contributed by atoms with van der Waals surface area (Å²) in [7, 11) is 0. The molecule has 6 nitrogen and oxygen atoms in total. The fourth-order valence-electron chi connectivity index (χ4n) is 2.36. The van der Waals surface area contributed by atoms with E-state index in [9.17, 15) is 9.59 Å². The van der Waals surface area contributed by atoms with E-state index >= 15 is 0 Å². The lowest BCUT2D eigenvalue weighted by molar-refractivity contribution is -0.142. The van der Waals surface area contributed by atoms with Gasteiger partial charge in [0.25, 0.3) is 5.91 Å². The van der Waals surface area contributed by atoms with Gasteiger partial charge in [0.2, 0.25) is 0 Å². The number of hydrogen-bond acceptors (Lipinski definition) is 5. The minimum atomic E-state index is -0.740. The van der Waals surface area contributed by atoms with Crippen LogP contribution in [0.15, 0.2) is 0 Å². The molecule has 7 heteroatoms. The molecular weight excluding hydrogens is 266 g/mol. The first-order chi connectivity index (χ1) is 8.97. The van der Waals surface area contributed by atoms with Crippen LogP contribution in [0.4, 0.5) is 5.13 Å². The number of carbonyl (C=O) groups is 2. The van der Waals surface area contributed by atoms with E-state index in [1.54, 1.807) is 6.92 Å². The maximum absolute atomic E-state index is 12.0. The highest BCUT2D eigenvalue weighted by molar-refractivity contribution is 7.17. The standard InChI is InChI=1S/C12H17N3O3S/c1-6-9(19-12(13)14-6)10(16)15-8-4-2-7(3-5-8)11(17)18/h7-8H,2-5H2,1H3,(H2,13,14)(H,15,16)(H,17,18). The Balaban J connectivity index is 1.91. The molecule has 0 saturated heterocycles. The number of thiazole rings is 1. The topological polar surface area (TPSA) is 105 Å². The Bertz CT molecular complexity index is 492. The van der Waals surface area contributed by atoms with Gasteiger partial charge in [-0.3, -0.25) is 9.59 Å². The van der Waals surface area contributed by atoms with Crippen molar-refractivity contribution in [1.29, 1.82) is 0 Å². The van der Waals surface area contributed by atoms with Crippen LogP contribution in [-0.2, 0) is 4.79 Å². The molecule has 0 atom stereocenters. The molecule has 104 valence electrons. The number of anilines is 1. The van der Waals surface area contributed by atoms with Gasteiger partial charge < -0.3 is 16.2 Å². The zero-order valence-corrected chi connectivity index (χ0v) is 11.5. The summed E-state index contributed by atoms with van der Waals surface area (Å²) >= 11 is 1.18. The molecule has 1 aromatic heterocycles. The second kappa shape index (κ2) is 5.56. The Morgan fingerprint density at radius 2 is 2.00 bits per heavy atom. The zero-order chi connectivity index (χ0) is 14.0. The summed E-state index contributed by atoms with van der Waals surface area (Å²) in [6, 6.07) is 0.0471. The first-order valence-electron chi connectivity index (χ1n) is 6.24. The van der Waals surface area contributed by atoms with Gasteiger partial charge in [-0.1, -0.05) is 11.3 Å². The summed E-state index contributed by atoms with van der Waals surface area (Å²) in [5, 5.41) is 12.2. The molecule has 1 aromatic rings. The normalized spacial score (nSPS) is 23.0. The number of carbonyl (C=O) groups excluding carboxylic acids is 1. The lowest BCUT2D eigenvalue weighted by atomic mass is 9.86. The number of aryl methyl sites for hydroxylation is 1. The van der Waals surface area contributed by atoms with Gasteiger partial charge in [-0.25, -0.2) is 4.98 Å². The van der Waals surface area contributed by atoms with Crippen molar-refractivity contribution in [2.75, 3.05) is 5.73 Å². The first kappa shape index (κ1) is 13.8. The number of aromatic nitrogens is 1. The Kier molecular flexibility index (Phi) is 4.04. The third-order valence-electron chi connectivity index (χ3n) is 3.43. The molecule has 1 amide bonds. The third kappa shape index (κ3) is 3.23. The minimum Gasteiger partial charge on any atom is -0.481 e. The molecule has 0 aliphatic heterocycles. The van der Waals surface area contributed by atoms with E-state index in [2.05, 4.69) is 10.3 Å². The number of aliphatic carboxylic acids is 1. The van der Waals surface area contributed by atoms with Crippen LogP contribution in [0.25, 0.3) is 0 Å². The molecule has 1 heterocycles. The second-order valence-corrected chi connectivity index (χ2v) is 5.86. The third-order valence-corrected chi connectivity index (χ3v) is 4.42. The Morgan fingerprint density at radius 3 is 2.47 bits per heavy atom. The van der Waals surface area contributed by atoms with E-state index in [0.29, 0.717) is 41.4 Å². The summed E-state index contributed by atoms with van der Waals surface area (Å²) in [4.78, 5) is 27.5. The van der Waals surface area contributed by atoms with Gasteiger partial charge in [0, 0.05) is 6.04 Å². The van der Waals surface area contributed by atoms with Crippen molar-refractivity contribution in [2.24, 2.45) is 5.92 Å². The molecule has 1 fully saturated rings. The number of nitrogens with one attached hydrogen (secondary N) is 1. The van der Waals surface area contributed by atoms with Gasteiger partial charge >= 0.3 is 5.97 Å². The van der Waals surface area contributed by atoms with Gasteiger partial charge in [0.05, 0.1) is 11.6 Å². The Labute approximate surface area is 115 Å². The Hall–Kier alpha value is -1.63. The molecule has 1 saturated carbocycles. The van der Waals surface area contributed by atoms with Gasteiger partial charge in [-0.05, 0) is 32.6 Å². The highest BCUT2D eigenvalue weighted by atomic mass is 32.1. The van der Waals surface area contributed by atoms with Crippen molar-refractivity contribution in [1.82, 2.24) is 10.3 Å². The molecule has 0 unspecified atom stereocenters. The molecule has 1 aliphatic rings. The van der Waals surface area contributed by atoms with Gasteiger partial charge in [-0.2, -0.15) is 0 Å². The van der Waals surface area contributed by atoms with Crippen LogP contribution >= 0.6 is 11.3 Å². The van der Waals surface area contributed by atoms with Gasteiger partial charge in [0.15, 0.2) is 5.13 Å². The maximum atomic E-state index is 12.0. The number of nitrogen functional groups attached to an aromatic ring is 1.